The van der Waals surface area contributed by atoms with E-state index in [0.29, 0.717) is 0 Å². The highest BCUT2D eigenvalue weighted by molar-refractivity contribution is 9.10. The number of carbonyl (C=O) groups is 1. The predicted octanol–water partition coefficient (Wildman–Crippen LogP) is 0.497. The molecular weight excluding hydrogens is 224 g/mol. The Morgan fingerprint density at radius 1 is 1.70 bits per heavy atom. The van der Waals surface area contributed by atoms with Crippen LogP contribution in [0.5, 0.6) is 0 Å². The van der Waals surface area contributed by atoms with Gasteiger partial charge in [0.15, 0.2) is 0 Å². The van der Waals surface area contributed by atoms with Crippen LogP contribution in [0.3, 0.4) is 0 Å². The first-order chi connectivity index (χ1) is 4.34. The lowest BCUT2D eigenvalue weighted by molar-refractivity contribution is -0.135. The van der Waals surface area contributed by atoms with Gasteiger partial charge in [-0.1, -0.05) is 15.9 Å². The predicted molar refractivity (Wildman–Crippen MR) is 38.0 cm³/mol. The van der Waals surface area contributed by atoms with E-state index in [0.717, 1.165) is 0 Å². The van der Waals surface area contributed by atoms with Crippen LogP contribution in [0.1, 0.15) is 13.8 Å². The second kappa shape index (κ2) is 3.45. The number of alkyl halides is 1. The molecular formula is C4H6BrO4S-. The summed E-state index contributed by atoms with van der Waals surface area (Å²) >= 11 is 0.153. The molecule has 0 fully saturated rings. The monoisotopic (exact) mass is 229 g/mol. The van der Waals surface area contributed by atoms with Crippen molar-refractivity contribution in [1.82, 2.24) is 0 Å². The topological polar surface area (TPSA) is 66.4 Å². The Hall–Kier alpha value is 0.0600. The van der Waals surface area contributed by atoms with Gasteiger partial charge in [0.25, 0.3) is 0 Å². The molecule has 0 spiro atoms. The molecule has 4 nitrogen and oxygen atoms in total. The van der Waals surface area contributed by atoms with Gasteiger partial charge in [-0.3, -0.25) is 0 Å². The van der Waals surface area contributed by atoms with Crippen LogP contribution in [-0.4, -0.2) is 19.1 Å². The zero-order valence-corrected chi connectivity index (χ0v) is 7.82. The first-order valence-electron chi connectivity index (χ1n) is 2.35. The maximum atomic E-state index is 10.6. The fraction of sp³-hybridized carbons (Fsp3) is 0.750. The Morgan fingerprint density at radius 3 is 2.20 bits per heavy atom. The zero-order chi connectivity index (χ0) is 8.36. The van der Waals surface area contributed by atoms with E-state index in [-0.39, 0.29) is 0 Å². The Balaban J connectivity index is 3.99. The van der Waals surface area contributed by atoms with Crippen molar-refractivity contribution in [2.45, 2.75) is 18.2 Å². The molecule has 10 heavy (non-hydrogen) atoms. The molecule has 0 aliphatic rings. The van der Waals surface area contributed by atoms with Gasteiger partial charge in [-0.05, 0) is 13.8 Å². The van der Waals surface area contributed by atoms with E-state index in [2.05, 4.69) is 20.1 Å². The Labute approximate surface area is 69.6 Å². The van der Waals surface area contributed by atoms with Crippen molar-refractivity contribution >= 4 is 33.3 Å². The SMILES string of the molecule is CC(C)(Br)C(=O)OS(=O)[O-]. The molecule has 1 atom stereocenters. The molecule has 0 aliphatic heterocycles. The smallest absolute Gasteiger partial charge is 0.335 e. The number of halogens is 1. The molecule has 6 heteroatoms. The van der Waals surface area contributed by atoms with Gasteiger partial charge in [-0.15, -0.1) is 0 Å². The van der Waals surface area contributed by atoms with Crippen LogP contribution in [0.25, 0.3) is 0 Å². The van der Waals surface area contributed by atoms with Gasteiger partial charge in [0.05, 0.1) is 0 Å². The van der Waals surface area contributed by atoms with Crippen LogP contribution in [0.4, 0.5) is 0 Å². The van der Waals surface area contributed by atoms with Crippen molar-refractivity contribution in [1.29, 1.82) is 0 Å². The second-order valence-electron chi connectivity index (χ2n) is 2.05. The summed E-state index contributed by atoms with van der Waals surface area (Å²) in [6.07, 6.45) is 0. The third-order valence-electron chi connectivity index (χ3n) is 0.629. The molecule has 0 aromatic carbocycles. The van der Waals surface area contributed by atoms with Crippen molar-refractivity contribution in [3.63, 3.8) is 0 Å². The van der Waals surface area contributed by atoms with Crippen molar-refractivity contribution in [2.75, 3.05) is 0 Å². The molecule has 0 saturated carbocycles. The van der Waals surface area contributed by atoms with Gasteiger partial charge >= 0.3 is 5.97 Å². The number of hydrogen-bond donors (Lipinski definition) is 0. The molecule has 0 saturated heterocycles. The fourth-order valence-corrected chi connectivity index (χ4v) is 0.681. The summed E-state index contributed by atoms with van der Waals surface area (Å²) in [6, 6.07) is 0. The molecule has 60 valence electrons. The summed E-state index contributed by atoms with van der Waals surface area (Å²) in [6.45, 7) is 2.98. The lowest BCUT2D eigenvalue weighted by Gasteiger charge is -2.14. The molecule has 0 N–H and O–H groups in total. The van der Waals surface area contributed by atoms with E-state index in [4.69, 9.17) is 0 Å². The lowest BCUT2D eigenvalue weighted by Crippen LogP contribution is -2.27. The Morgan fingerprint density at radius 2 is 2.10 bits per heavy atom. The highest BCUT2D eigenvalue weighted by Gasteiger charge is 2.25. The van der Waals surface area contributed by atoms with Crippen LogP contribution in [-0.2, 0) is 20.3 Å². The van der Waals surface area contributed by atoms with Crippen LogP contribution in [0.15, 0.2) is 0 Å². The standard InChI is InChI=1S/C4H7BrO4S/c1-4(2,5)3(6)9-10(7)8/h1-2H3,(H,7,8)/p-1. The third-order valence-corrected chi connectivity index (χ3v) is 1.24. The zero-order valence-electron chi connectivity index (χ0n) is 5.42. The summed E-state index contributed by atoms with van der Waals surface area (Å²) in [7, 11) is 0. The molecule has 0 aliphatic carbocycles. The molecule has 1 unspecified atom stereocenters. The van der Waals surface area contributed by atoms with Crippen molar-refractivity contribution < 1.29 is 17.7 Å². The van der Waals surface area contributed by atoms with E-state index in [1.54, 1.807) is 0 Å². The molecule has 0 aromatic heterocycles. The third kappa shape index (κ3) is 3.97. The number of rotatable bonds is 2. The highest BCUT2D eigenvalue weighted by atomic mass is 79.9. The minimum Gasteiger partial charge on any atom is -0.740 e. The number of hydrogen-bond acceptors (Lipinski definition) is 4. The lowest BCUT2D eigenvalue weighted by atomic mass is 10.2. The summed E-state index contributed by atoms with van der Waals surface area (Å²) in [4.78, 5) is 10.6. The van der Waals surface area contributed by atoms with Crippen LogP contribution < -0.4 is 0 Å². The largest absolute Gasteiger partial charge is 0.740 e. The Kier molecular flexibility index (Phi) is 3.47. The maximum Gasteiger partial charge on any atom is 0.335 e. The van der Waals surface area contributed by atoms with Gasteiger partial charge in [0.2, 0.25) is 0 Å². The van der Waals surface area contributed by atoms with E-state index < -0.39 is 21.7 Å². The second-order valence-corrected chi connectivity index (χ2v) is 4.60. The normalized spacial score (nSPS) is 14.4. The molecule has 0 aromatic rings. The van der Waals surface area contributed by atoms with Gasteiger partial charge in [-0.2, -0.15) is 0 Å². The quantitative estimate of drug-likeness (QED) is 0.511. The molecule has 0 rings (SSSR count). The first-order valence-corrected chi connectivity index (χ1v) is 4.14. The van der Waals surface area contributed by atoms with Crippen molar-refractivity contribution in [3.8, 4) is 0 Å². The van der Waals surface area contributed by atoms with Crippen molar-refractivity contribution in [2.24, 2.45) is 0 Å². The van der Waals surface area contributed by atoms with E-state index in [1.165, 1.54) is 13.8 Å². The summed E-state index contributed by atoms with van der Waals surface area (Å²) in [5.41, 5.74) is 0. The van der Waals surface area contributed by atoms with E-state index in [1.807, 2.05) is 0 Å². The summed E-state index contributed by atoms with van der Waals surface area (Å²) < 4.78 is 22.5. The van der Waals surface area contributed by atoms with Crippen LogP contribution in [0, 0.1) is 0 Å². The first kappa shape index (κ1) is 10.1. The summed E-state index contributed by atoms with van der Waals surface area (Å²) in [5, 5.41) is 0. The minimum atomic E-state index is -2.77. The van der Waals surface area contributed by atoms with Crippen LogP contribution in [0.2, 0.25) is 0 Å². The molecule has 0 radical (unpaired) electrons. The highest BCUT2D eigenvalue weighted by Crippen LogP contribution is 2.17. The fourth-order valence-electron chi connectivity index (χ4n) is 0.161. The van der Waals surface area contributed by atoms with E-state index >= 15 is 0 Å². The van der Waals surface area contributed by atoms with Gasteiger partial charge in [0.1, 0.15) is 15.7 Å². The number of carbonyl (C=O) groups excluding carboxylic acids is 1. The summed E-state index contributed by atoms with van der Waals surface area (Å²) in [5.74, 6) is -0.833. The van der Waals surface area contributed by atoms with Gasteiger partial charge in [-0.25, -0.2) is 9.00 Å². The molecule has 0 bridgehead atoms. The average Bonchev–Trinajstić information content (AvgIpc) is 1.60. The molecule has 0 amide bonds. The van der Waals surface area contributed by atoms with Gasteiger partial charge in [0, 0.05) is 0 Å². The van der Waals surface area contributed by atoms with Gasteiger partial charge < -0.3 is 8.74 Å². The average molecular weight is 230 g/mol. The van der Waals surface area contributed by atoms with Crippen molar-refractivity contribution in [3.05, 3.63) is 0 Å². The van der Waals surface area contributed by atoms with Crippen LogP contribution >= 0.6 is 15.9 Å². The Bertz CT molecular complexity index is 161. The minimum absolute atomic E-state index is 0.833. The van der Waals surface area contributed by atoms with E-state index in [9.17, 15) is 13.6 Å². The molecule has 0 heterocycles. The maximum absolute atomic E-state index is 10.6.